The molecular formula is C34H42ClFN8O3. The first-order valence-electron chi connectivity index (χ1n) is 16.2. The highest BCUT2D eigenvalue weighted by Gasteiger charge is 2.32. The van der Waals surface area contributed by atoms with Crippen molar-refractivity contribution in [1.82, 2.24) is 19.8 Å². The molecule has 2 aromatic carbocycles. The lowest BCUT2D eigenvalue weighted by Crippen LogP contribution is -2.53. The number of aromatic nitrogens is 2. The van der Waals surface area contributed by atoms with Crippen LogP contribution in [0.4, 0.5) is 33.1 Å². The molecule has 3 aromatic rings. The van der Waals surface area contributed by atoms with Gasteiger partial charge >= 0.3 is 0 Å². The number of benzene rings is 2. The molecule has 2 N–H and O–H groups in total. The van der Waals surface area contributed by atoms with E-state index in [0.717, 1.165) is 64.3 Å². The van der Waals surface area contributed by atoms with Crippen molar-refractivity contribution >= 4 is 46.2 Å². The van der Waals surface area contributed by atoms with Gasteiger partial charge in [0.1, 0.15) is 23.7 Å². The number of piperazine rings is 1. The quantitative estimate of drug-likeness (QED) is 0.265. The second-order valence-electron chi connectivity index (χ2n) is 12.0. The van der Waals surface area contributed by atoms with Gasteiger partial charge in [0.2, 0.25) is 5.91 Å². The molecule has 1 amide bonds. The summed E-state index contributed by atoms with van der Waals surface area (Å²) >= 11 is 5.99. The Morgan fingerprint density at radius 2 is 1.87 bits per heavy atom. The lowest BCUT2D eigenvalue weighted by Gasteiger charge is -2.43. The predicted molar refractivity (Wildman–Crippen MR) is 183 cm³/mol. The van der Waals surface area contributed by atoms with Gasteiger partial charge in [-0.2, -0.15) is 0 Å². The van der Waals surface area contributed by atoms with Crippen LogP contribution in [-0.2, 0) is 9.63 Å². The highest BCUT2D eigenvalue weighted by atomic mass is 35.5. The highest BCUT2D eigenvalue weighted by molar-refractivity contribution is 6.30. The number of carbonyl (C=O) groups is 1. The third-order valence-electron chi connectivity index (χ3n) is 9.30. The molecule has 1 aromatic heterocycles. The molecule has 4 heterocycles. The molecule has 0 unspecified atom stereocenters. The summed E-state index contributed by atoms with van der Waals surface area (Å²) in [6.07, 6.45) is 5.36. The first-order chi connectivity index (χ1) is 22.9. The second-order valence-corrected chi connectivity index (χ2v) is 12.4. The standard InChI is InChI=1S/C34H42ClFN8O3/c1-4-34(45)40-27-19-28(31(46-3)20-30(27)43-11-8-24(9-12-43)42-15-13-41(5-2)14-16-42)39-32-21-33(38-22-37-32)44-29(10-17-47-44)25-7-6-23(35)18-26(25)36/h4,6-7,18-22,24,29H,1,5,8-17H2,2-3H3,(H,40,45)(H,37,38,39)/t29-/m1/s1. The Balaban J connectivity index is 1.21. The van der Waals surface area contributed by atoms with Gasteiger partial charge in [0.25, 0.3) is 0 Å². The summed E-state index contributed by atoms with van der Waals surface area (Å²) < 4.78 is 20.7. The maximum Gasteiger partial charge on any atom is 0.247 e. The van der Waals surface area contributed by atoms with Crippen molar-refractivity contribution in [2.24, 2.45) is 0 Å². The maximum atomic E-state index is 14.8. The summed E-state index contributed by atoms with van der Waals surface area (Å²) in [6.45, 7) is 13.6. The Hall–Kier alpha value is -3.97. The zero-order valence-electron chi connectivity index (χ0n) is 26.9. The molecule has 3 aliphatic heterocycles. The van der Waals surface area contributed by atoms with Crippen molar-refractivity contribution < 1.29 is 18.8 Å². The van der Waals surface area contributed by atoms with E-state index in [1.807, 2.05) is 12.1 Å². The average molecular weight is 665 g/mol. The number of likely N-dealkylation sites (N-methyl/N-ethyl adjacent to an activating group) is 1. The summed E-state index contributed by atoms with van der Waals surface area (Å²) in [5, 5.41) is 8.25. The summed E-state index contributed by atoms with van der Waals surface area (Å²) in [5.41, 5.74) is 2.61. The minimum Gasteiger partial charge on any atom is -0.494 e. The summed E-state index contributed by atoms with van der Waals surface area (Å²) in [7, 11) is 1.61. The number of methoxy groups -OCH3 is 1. The lowest BCUT2D eigenvalue weighted by atomic mass is 10.0. The molecule has 0 spiro atoms. The number of rotatable bonds is 10. The largest absolute Gasteiger partial charge is 0.494 e. The third kappa shape index (κ3) is 7.46. The smallest absolute Gasteiger partial charge is 0.247 e. The minimum atomic E-state index is -0.400. The van der Waals surface area contributed by atoms with Crippen LogP contribution in [-0.4, -0.2) is 91.2 Å². The summed E-state index contributed by atoms with van der Waals surface area (Å²) in [4.78, 5) is 34.7. The maximum absolute atomic E-state index is 14.8. The van der Waals surface area contributed by atoms with Crippen molar-refractivity contribution in [3.05, 3.63) is 71.8 Å². The number of ether oxygens (including phenoxy) is 1. The van der Waals surface area contributed by atoms with E-state index in [1.165, 1.54) is 18.5 Å². The molecule has 250 valence electrons. The fraction of sp³-hybridized carbons (Fsp3) is 0.441. The van der Waals surface area contributed by atoms with E-state index in [9.17, 15) is 9.18 Å². The van der Waals surface area contributed by atoms with E-state index in [1.54, 1.807) is 30.4 Å². The van der Waals surface area contributed by atoms with E-state index >= 15 is 0 Å². The highest BCUT2D eigenvalue weighted by Crippen LogP contribution is 2.41. The van der Waals surface area contributed by atoms with Gasteiger partial charge in [-0.3, -0.25) is 14.5 Å². The van der Waals surface area contributed by atoms with Crippen LogP contribution >= 0.6 is 11.6 Å². The first-order valence-corrected chi connectivity index (χ1v) is 16.6. The molecule has 3 fully saturated rings. The Bertz CT molecular complexity index is 1580. The monoisotopic (exact) mass is 664 g/mol. The lowest BCUT2D eigenvalue weighted by molar-refractivity contribution is -0.111. The molecule has 11 nitrogen and oxygen atoms in total. The van der Waals surface area contributed by atoms with Gasteiger partial charge in [0, 0.05) is 74.5 Å². The Kier molecular flexibility index (Phi) is 10.4. The van der Waals surface area contributed by atoms with Crippen LogP contribution in [0.5, 0.6) is 5.75 Å². The second kappa shape index (κ2) is 14.8. The van der Waals surface area contributed by atoms with Gasteiger partial charge < -0.3 is 25.2 Å². The number of piperidine rings is 1. The van der Waals surface area contributed by atoms with E-state index < -0.39 is 5.82 Å². The van der Waals surface area contributed by atoms with Crippen molar-refractivity contribution in [1.29, 1.82) is 0 Å². The van der Waals surface area contributed by atoms with Gasteiger partial charge in [-0.1, -0.05) is 31.2 Å². The molecule has 3 saturated heterocycles. The van der Waals surface area contributed by atoms with Crippen LogP contribution in [0.25, 0.3) is 0 Å². The fourth-order valence-corrected chi connectivity index (χ4v) is 6.88. The SMILES string of the molecule is C=CC(=O)Nc1cc(Nc2cc(N3OCC[C@@H]3c3ccc(Cl)cc3F)ncn2)c(OC)cc1N1CCC(N2CCN(CC)CC2)CC1. The Labute approximate surface area is 280 Å². The van der Waals surface area contributed by atoms with Crippen molar-refractivity contribution in [3.8, 4) is 5.75 Å². The fourth-order valence-electron chi connectivity index (χ4n) is 6.72. The van der Waals surface area contributed by atoms with Gasteiger partial charge in [0.15, 0.2) is 5.82 Å². The number of hydrogen-bond donors (Lipinski definition) is 2. The van der Waals surface area contributed by atoms with E-state index in [-0.39, 0.29) is 11.9 Å². The van der Waals surface area contributed by atoms with Crippen LogP contribution in [0.15, 0.2) is 55.4 Å². The Morgan fingerprint density at radius 1 is 1.09 bits per heavy atom. The van der Waals surface area contributed by atoms with Crippen LogP contribution in [0.2, 0.25) is 5.02 Å². The first kappa shape index (κ1) is 33.0. The van der Waals surface area contributed by atoms with Crippen LogP contribution in [0, 0.1) is 5.82 Å². The van der Waals surface area contributed by atoms with E-state index in [4.69, 9.17) is 21.2 Å². The van der Waals surface area contributed by atoms with Crippen LogP contribution < -0.4 is 25.3 Å². The van der Waals surface area contributed by atoms with Gasteiger partial charge in [-0.05, 0) is 43.7 Å². The third-order valence-corrected chi connectivity index (χ3v) is 9.54. The minimum absolute atomic E-state index is 0.304. The van der Waals surface area contributed by atoms with Crippen molar-refractivity contribution in [2.45, 2.75) is 38.3 Å². The molecule has 0 bridgehead atoms. The molecule has 1 atom stereocenters. The number of nitrogens with zero attached hydrogens (tertiary/aromatic N) is 6. The number of anilines is 5. The van der Waals surface area contributed by atoms with Crippen LogP contribution in [0.1, 0.15) is 37.8 Å². The molecule has 3 aliphatic rings. The zero-order valence-corrected chi connectivity index (χ0v) is 27.7. The zero-order chi connectivity index (χ0) is 32.9. The number of amides is 1. The van der Waals surface area contributed by atoms with Gasteiger partial charge in [0.05, 0.1) is 36.8 Å². The predicted octanol–water partition coefficient (Wildman–Crippen LogP) is 5.64. The number of carbonyl (C=O) groups excluding carboxylic acids is 1. The molecule has 0 aliphatic carbocycles. The molecule has 6 rings (SSSR count). The van der Waals surface area contributed by atoms with Crippen LogP contribution in [0.3, 0.4) is 0 Å². The summed E-state index contributed by atoms with van der Waals surface area (Å²) in [6, 6.07) is 10.3. The van der Waals surface area contributed by atoms with Gasteiger partial charge in [-0.15, -0.1) is 0 Å². The number of nitrogens with one attached hydrogen (secondary N) is 2. The summed E-state index contributed by atoms with van der Waals surface area (Å²) in [5.74, 6) is 0.824. The number of halogens is 2. The number of hydroxylamine groups is 1. The average Bonchev–Trinajstić information content (AvgIpc) is 3.58. The topological polar surface area (TPSA) is 98.3 Å². The van der Waals surface area contributed by atoms with E-state index in [2.05, 4.69) is 48.8 Å². The van der Waals surface area contributed by atoms with Crippen molar-refractivity contribution in [2.75, 3.05) is 80.1 Å². The Morgan fingerprint density at radius 3 is 2.57 bits per heavy atom. The van der Waals surface area contributed by atoms with E-state index in [0.29, 0.717) is 58.4 Å². The van der Waals surface area contributed by atoms with Crippen molar-refractivity contribution in [3.63, 3.8) is 0 Å². The molecule has 47 heavy (non-hydrogen) atoms. The molecular weight excluding hydrogens is 623 g/mol. The molecule has 13 heteroatoms. The normalized spacial score (nSPS) is 19.5. The molecule has 0 saturated carbocycles. The molecule has 0 radical (unpaired) electrons. The van der Waals surface area contributed by atoms with Gasteiger partial charge in [-0.25, -0.2) is 19.4 Å². The number of hydrogen-bond acceptors (Lipinski definition) is 10.